The fraction of sp³-hybridized carbons (Fsp3) is 0.350. The molecule has 2 N–H and O–H groups in total. The number of amides is 1. The van der Waals surface area contributed by atoms with Crippen LogP contribution in [0.4, 0.5) is 0 Å². The van der Waals surface area contributed by atoms with Crippen molar-refractivity contribution in [3.05, 3.63) is 65.7 Å². The maximum Gasteiger partial charge on any atom is 0.253 e. The fourth-order valence-corrected chi connectivity index (χ4v) is 3.86. The van der Waals surface area contributed by atoms with Gasteiger partial charge in [-0.1, -0.05) is 30.3 Å². The van der Waals surface area contributed by atoms with E-state index >= 15 is 0 Å². The molecule has 2 aromatic rings. The summed E-state index contributed by atoms with van der Waals surface area (Å²) < 4.78 is 0. The SMILES string of the molecule is NCC1CCN(C(=O)c2ccc(CSc3ccccc3)cc2)CC1. The highest BCUT2D eigenvalue weighted by Crippen LogP contribution is 2.23. The predicted molar refractivity (Wildman–Crippen MR) is 100 cm³/mol. The molecule has 0 aromatic heterocycles. The minimum atomic E-state index is 0.146. The first kappa shape index (κ1) is 17.1. The van der Waals surface area contributed by atoms with E-state index in [1.165, 1.54) is 10.5 Å². The standard InChI is InChI=1S/C20H24N2OS/c21-14-16-10-12-22(13-11-16)20(23)18-8-6-17(7-9-18)15-24-19-4-2-1-3-5-19/h1-9,16H,10-15,21H2. The Kier molecular flexibility index (Phi) is 5.94. The lowest BCUT2D eigenvalue weighted by atomic mass is 9.96. The fourth-order valence-electron chi connectivity index (χ4n) is 2.98. The van der Waals surface area contributed by atoms with Crippen LogP contribution in [0, 0.1) is 5.92 Å². The van der Waals surface area contributed by atoms with Gasteiger partial charge in [0.05, 0.1) is 0 Å². The molecule has 0 spiro atoms. The van der Waals surface area contributed by atoms with Gasteiger partial charge in [0.15, 0.2) is 0 Å². The average Bonchev–Trinajstić information content (AvgIpc) is 2.67. The molecule has 0 aliphatic carbocycles. The second-order valence-electron chi connectivity index (χ2n) is 6.27. The molecule has 1 heterocycles. The van der Waals surface area contributed by atoms with Crippen molar-refractivity contribution in [2.45, 2.75) is 23.5 Å². The maximum atomic E-state index is 12.6. The first-order valence-electron chi connectivity index (χ1n) is 8.52. The second-order valence-corrected chi connectivity index (χ2v) is 7.32. The van der Waals surface area contributed by atoms with Crippen LogP contribution in [0.2, 0.25) is 0 Å². The number of thioether (sulfide) groups is 1. The van der Waals surface area contributed by atoms with Gasteiger partial charge in [0.1, 0.15) is 0 Å². The first-order chi connectivity index (χ1) is 11.8. The summed E-state index contributed by atoms with van der Waals surface area (Å²) in [4.78, 5) is 15.8. The Bertz CT molecular complexity index is 649. The van der Waals surface area contributed by atoms with Crippen LogP contribution in [0.25, 0.3) is 0 Å². The third-order valence-electron chi connectivity index (χ3n) is 4.58. The minimum Gasteiger partial charge on any atom is -0.339 e. The van der Waals surface area contributed by atoms with Crippen LogP contribution in [-0.2, 0) is 5.75 Å². The Balaban J connectivity index is 1.55. The summed E-state index contributed by atoms with van der Waals surface area (Å²) in [6, 6.07) is 18.4. The van der Waals surface area contributed by atoms with Crippen molar-refractivity contribution in [2.75, 3.05) is 19.6 Å². The van der Waals surface area contributed by atoms with Gasteiger partial charge in [-0.2, -0.15) is 0 Å². The van der Waals surface area contributed by atoms with Gasteiger partial charge >= 0.3 is 0 Å². The molecule has 1 aliphatic rings. The molecule has 24 heavy (non-hydrogen) atoms. The topological polar surface area (TPSA) is 46.3 Å². The number of carbonyl (C=O) groups excluding carboxylic acids is 1. The van der Waals surface area contributed by atoms with Crippen molar-refractivity contribution < 1.29 is 4.79 Å². The van der Waals surface area contributed by atoms with Gasteiger partial charge in [-0.25, -0.2) is 0 Å². The zero-order valence-corrected chi connectivity index (χ0v) is 14.7. The molecule has 0 unspecified atom stereocenters. The second kappa shape index (κ2) is 8.36. The van der Waals surface area contributed by atoms with E-state index in [1.807, 2.05) is 34.9 Å². The van der Waals surface area contributed by atoms with Crippen LogP contribution in [0.3, 0.4) is 0 Å². The maximum absolute atomic E-state index is 12.6. The Morgan fingerprint density at radius 2 is 1.71 bits per heavy atom. The lowest BCUT2D eigenvalue weighted by Gasteiger charge is -2.31. The van der Waals surface area contributed by atoms with Gasteiger partial charge in [-0.3, -0.25) is 4.79 Å². The van der Waals surface area contributed by atoms with Crippen molar-refractivity contribution in [1.29, 1.82) is 0 Å². The van der Waals surface area contributed by atoms with E-state index in [9.17, 15) is 4.79 Å². The van der Waals surface area contributed by atoms with E-state index in [0.717, 1.165) is 43.8 Å². The summed E-state index contributed by atoms with van der Waals surface area (Å²) in [5.41, 5.74) is 7.74. The van der Waals surface area contributed by atoms with Crippen LogP contribution in [0.15, 0.2) is 59.5 Å². The third kappa shape index (κ3) is 4.40. The normalized spacial score (nSPS) is 15.5. The molecule has 1 amide bonds. The molecule has 2 aromatic carbocycles. The molecule has 0 saturated carbocycles. The highest BCUT2D eigenvalue weighted by Gasteiger charge is 2.22. The summed E-state index contributed by atoms with van der Waals surface area (Å²) in [5.74, 6) is 1.64. The number of carbonyl (C=O) groups is 1. The number of nitrogens with two attached hydrogens (primary N) is 1. The summed E-state index contributed by atoms with van der Waals surface area (Å²) in [5, 5.41) is 0. The summed E-state index contributed by atoms with van der Waals surface area (Å²) in [7, 11) is 0. The smallest absolute Gasteiger partial charge is 0.253 e. The molecule has 126 valence electrons. The number of likely N-dealkylation sites (tertiary alicyclic amines) is 1. The number of hydrogen-bond donors (Lipinski definition) is 1. The van der Waals surface area contributed by atoms with Crippen molar-refractivity contribution >= 4 is 17.7 Å². The molecule has 4 heteroatoms. The molecule has 1 aliphatic heterocycles. The molecular weight excluding hydrogens is 316 g/mol. The Morgan fingerprint density at radius 3 is 2.33 bits per heavy atom. The molecule has 3 nitrogen and oxygen atoms in total. The highest BCUT2D eigenvalue weighted by atomic mass is 32.2. The summed E-state index contributed by atoms with van der Waals surface area (Å²) in [6.45, 7) is 2.38. The van der Waals surface area contributed by atoms with Crippen molar-refractivity contribution in [1.82, 2.24) is 4.90 Å². The highest BCUT2D eigenvalue weighted by molar-refractivity contribution is 7.98. The summed E-state index contributed by atoms with van der Waals surface area (Å²) in [6.07, 6.45) is 2.04. The molecule has 1 fully saturated rings. The van der Waals surface area contributed by atoms with Gasteiger partial charge in [0.2, 0.25) is 0 Å². The van der Waals surface area contributed by atoms with Crippen molar-refractivity contribution in [3.63, 3.8) is 0 Å². The first-order valence-corrected chi connectivity index (χ1v) is 9.51. The molecule has 1 saturated heterocycles. The number of rotatable bonds is 5. The van der Waals surface area contributed by atoms with Gasteiger partial charge in [-0.05, 0) is 55.1 Å². The zero-order valence-electron chi connectivity index (χ0n) is 13.9. The Morgan fingerprint density at radius 1 is 1.04 bits per heavy atom. The third-order valence-corrected chi connectivity index (χ3v) is 5.67. The molecule has 3 rings (SSSR count). The van der Waals surface area contributed by atoms with Crippen LogP contribution < -0.4 is 5.73 Å². The zero-order chi connectivity index (χ0) is 16.8. The minimum absolute atomic E-state index is 0.146. The molecule has 0 bridgehead atoms. The number of piperidine rings is 1. The molecule has 0 atom stereocenters. The molecule has 0 radical (unpaired) electrons. The summed E-state index contributed by atoms with van der Waals surface area (Å²) >= 11 is 1.81. The van der Waals surface area contributed by atoms with Gasteiger partial charge in [0.25, 0.3) is 5.91 Å². The van der Waals surface area contributed by atoms with Gasteiger partial charge in [-0.15, -0.1) is 11.8 Å². The Labute approximate surface area is 148 Å². The van der Waals surface area contributed by atoms with Crippen LogP contribution >= 0.6 is 11.8 Å². The van der Waals surface area contributed by atoms with E-state index in [4.69, 9.17) is 5.73 Å². The quantitative estimate of drug-likeness (QED) is 0.842. The lowest BCUT2D eigenvalue weighted by Crippen LogP contribution is -2.40. The number of hydrogen-bond acceptors (Lipinski definition) is 3. The number of nitrogens with zero attached hydrogens (tertiary/aromatic N) is 1. The average molecular weight is 340 g/mol. The largest absolute Gasteiger partial charge is 0.339 e. The lowest BCUT2D eigenvalue weighted by molar-refractivity contribution is 0.0693. The van der Waals surface area contributed by atoms with E-state index < -0.39 is 0 Å². The van der Waals surface area contributed by atoms with E-state index in [-0.39, 0.29) is 5.91 Å². The van der Waals surface area contributed by atoms with Crippen molar-refractivity contribution in [3.8, 4) is 0 Å². The van der Waals surface area contributed by atoms with Gasteiger partial charge in [0, 0.05) is 29.3 Å². The van der Waals surface area contributed by atoms with Crippen LogP contribution in [-0.4, -0.2) is 30.4 Å². The monoisotopic (exact) mass is 340 g/mol. The van der Waals surface area contributed by atoms with E-state index in [1.54, 1.807) is 0 Å². The molecular formula is C20H24N2OS. The van der Waals surface area contributed by atoms with Crippen LogP contribution in [0.5, 0.6) is 0 Å². The van der Waals surface area contributed by atoms with E-state index in [0.29, 0.717) is 5.92 Å². The predicted octanol–water partition coefficient (Wildman–Crippen LogP) is 3.79. The Hall–Kier alpha value is -1.78. The van der Waals surface area contributed by atoms with Crippen molar-refractivity contribution in [2.24, 2.45) is 11.7 Å². The number of benzene rings is 2. The van der Waals surface area contributed by atoms with E-state index in [2.05, 4.69) is 36.4 Å². The van der Waals surface area contributed by atoms with Crippen LogP contribution in [0.1, 0.15) is 28.8 Å². The van der Waals surface area contributed by atoms with Gasteiger partial charge < -0.3 is 10.6 Å².